The Morgan fingerprint density at radius 2 is 1.13 bits per heavy atom. The smallest absolute Gasteiger partial charge is 0.145 e. The van der Waals surface area contributed by atoms with E-state index in [0.29, 0.717) is 0 Å². The zero-order valence-corrected chi connectivity index (χ0v) is 30.2. The molecule has 0 amide bonds. The number of para-hydroxylation sites is 3. The van der Waals surface area contributed by atoms with Crippen LogP contribution in [0.4, 0.5) is 0 Å². The number of imidazole rings is 1. The second kappa shape index (κ2) is 12.8. The Balaban J connectivity index is 1.07. The molecular weight excluding hydrogens is 665 g/mol. The van der Waals surface area contributed by atoms with E-state index in [1.807, 2.05) is 0 Å². The van der Waals surface area contributed by atoms with Crippen molar-refractivity contribution < 1.29 is 0 Å². The fourth-order valence-electron chi connectivity index (χ4n) is 9.00. The normalized spacial score (nSPS) is 16.1. The molecule has 0 radical (unpaired) electrons. The number of fused-ring (bicyclic) bond motifs is 5. The van der Waals surface area contributed by atoms with Gasteiger partial charge in [-0.1, -0.05) is 170 Å². The predicted molar refractivity (Wildman–Crippen MR) is 229 cm³/mol. The first kappa shape index (κ1) is 31.5. The first-order valence-corrected chi connectivity index (χ1v) is 19.1. The van der Waals surface area contributed by atoms with E-state index in [2.05, 4.69) is 211 Å². The van der Waals surface area contributed by atoms with Crippen LogP contribution >= 0.6 is 0 Å². The highest BCUT2D eigenvalue weighted by atomic mass is 15.1. The summed E-state index contributed by atoms with van der Waals surface area (Å²) in [6.07, 6.45) is 9.20. The molecule has 2 aliphatic carbocycles. The molecule has 0 fully saturated rings. The zero-order chi connectivity index (χ0) is 36.3. The maximum absolute atomic E-state index is 5.12. The quantitative estimate of drug-likeness (QED) is 0.175. The molecule has 2 aliphatic rings. The fraction of sp³-hybridized carbons (Fsp3) is 0.0377. The predicted octanol–water partition coefficient (Wildman–Crippen LogP) is 13.4. The minimum absolute atomic E-state index is 0.183. The van der Waals surface area contributed by atoms with Crippen LogP contribution in [-0.4, -0.2) is 9.55 Å². The van der Waals surface area contributed by atoms with E-state index < -0.39 is 0 Å². The molecule has 1 aromatic heterocycles. The number of benzene rings is 8. The Morgan fingerprint density at radius 1 is 0.473 bits per heavy atom. The molecule has 11 rings (SSSR count). The molecular formula is C53H36N2. The van der Waals surface area contributed by atoms with Crippen LogP contribution in [0.1, 0.15) is 28.2 Å². The molecule has 1 heterocycles. The van der Waals surface area contributed by atoms with Gasteiger partial charge in [0.05, 0.1) is 11.0 Å². The number of hydrogen-bond acceptors (Lipinski definition) is 1. The Kier molecular flexibility index (Phi) is 7.34. The highest BCUT2D eigenvalue weighted by Crippen LogP contribution is 2.51. The van der Waals surface area contributed by atoms with Gasteiger partial charge >= 0.3 is 0 Å². The van der Waals surface area contributed by atoms with Crippen LogP contribution in [0.3, 0.4) is 0 Å². The molecule has 258 valence electrons. The van der Waals surface area contributed by atoms with Gasteiger partial charge in [-0.05, 0) is 102 Å². The number of allylic oxidation sites excluding steroid dienone is 5. The van der Waals surface area contributed by atoms with E-state index in [1.165, 1.54) is 66.1 Å². The topological polar surface area (TPSA) is 17.8 Å². The summed E-state index contributed by atoms with van der Waals surface area (Å²) in [4.78, 5) is 5.12. The van der Waals surface area contributed by atoms with E-state index in [1.54, 1.807) is 0 Å². The van der Waals surface area contributed by atoms with Crippen LogP contribution in [0.5, 0.6) is 0 Å². The van der Waals surface area contributed by atoms with Crippen molar-refractivity contribution in [3.63, 3.8) is 0 Å². The van der Waals surface area contributed by atoms with Gasteiger partial charge in [0, 0.05) is 23.1 Å². The summed E-state index contributed by atoms with van der Waals surface area (Å²) in [6.45, 7) is 0. The van der Waals surface area contributed by atoms with E-state index in [0.717, 1.165) is 28.1 Å². The van der Waals surface area contributed by atoms with E-state index in [9.17, 15) is 0 Å². The molecule has 0 bridgehead atoms. The number of hydrogen-bond donors (Lipinski definition) is 0. The Hall–Kier alpha value is -7.03. The fourth-order valence-corrected chi connectivity index (χ4v) is 9.00. The van der Waals surface area contributed by atoms with Gasteiger partial charge in [-0.3, -0.25) is 4.57 Å². The Labute approximate surface area is 320 Å². The van der Waals surface area contributed by atoms with Crippen molar-refractivity contribution >= 4 is 38.2 Å². The molecule has 0 N–H and O–H groups in total. The molecule has 0 spiro atoms. The molecule has 0 saturated carbocycles. The lowest BCUT2D eigenvalue weighted by Crippen LogP contribution is -2.23. The third kappa shape index (κ3) is 5.29. The Morgan fingerprint density at radius 3 is 1.95 bits per heavy atom. The van der Waals surface area contributed by atoms with Crippen LogP contribution in [-0.2, 0) is 0 Å². The van der Waals surface area contributed by atoms with Crippen LogP contribution in [0.15, 0.2) is 212 Å². The third-order valence-electron chi connectivity index (χ3n) is 11.6. The van der Waals surface area contributed by atoms with Gasteiger partial charge in [-0.2, -0.15) is 0 Å². The van der Waals surface area contributed by atoms with Gasteiger partial charge in [0.2, 0.25) is 0 Å². The number of nitrogens with zero attached hydrogens (tertiary/aromatic N) is 2. The van der Waals surface area contributed by atoms with E-state index in [-0.39, 0.29) is 11.8 Å². The minimum atomic E-state index is 0.183. The van der Waals surface area contributed by atoms with Crippen molar-refractivity contribution in [3.8, 4) is 28.2 Å². The minimum Gasteiger partial charge on any atom is -0.292 e. The lowest BCUT2D eigenvalue weighted by atomic mass is 9.66. The summed E-state index contributed by atoms with van der Waals surface area (Å²) < 4.78 is 2.26. The molecule has 9 aromatic rings. The molecule has 55 heavy (non-hydrogen) atoms. The molecule has 2 heteroatoms. The molecule has 0 aliphatic heterocycles. The van der Waals surface area contributed by atoms with Gasteiger partial charge in [-0.15, -0.1) is 0 Å². The van der Waals surface area contributed by atoms with E-state index >= 15 is 0 Å². The third-order valence-corrected chi connectivity index (χ3v) is 11.6. The standard InChI is InChI=1S/C53H36N2/c1-2-16-44(17-3-1)55-50-21-11-10-20-49(50)54-53(55)38-26-22-37(23-27-38)41-30-31-47-48(34-41)52(43-29-25-36-13-5-7-15-40(36)33-43)46-19-9-8-18-45(46)51(47)42-28-24-35-12-4-6-14-39(35)32-42/h1-34,45,51H. The van der Waals surface area contributed by atoms with Crippen LogP contribution in [0.25, 0.3) is 66.4 Å². The molecule has 2 nitrogen and oxygen atoms in total. The molecule has 2 atom stereocenters. The van der Waals surface area contributed by atoms with Crippen LogP contribution in [0, 0.1) is 5.92 Å². The van der Waals surface area contributed by atoms with Crippen LogP contribution in [0.2, 0.25) is 0 Å². The first-order valence-electron chi connectivity index (χ1n) is 19.1. The summed E-state index contributed by atoms with van der Waals surface area (Å²) in [7, 11) is 0. The van der Waals surface area contributed by atoms with Crippen molar-refractivity contribution in [2.75, 3.05) is 0 Å². The van der Waals surface area contributed by atoms with Crippen molar-refractivity contribution in [1.29, 1.82) is 0 Å². The zero-order valence-electron chi connectivity index (χ0n) is 30.2. The van der Waals surface area contributed by atoms with Crippen molar-refractivity contribution in [1.82, 2.24) is 9.55 Å². The SMILES string of the molecule is C1=CC2=C(c3ccc4ccccc4c3)c3cc(-c4ccc(-c5nc6ccccc6n5-c5ccccc5)cc4)ccc3C(c3ccc4ccccc4c3)C2C=C1. The highest BCUT2D eigenvalue weighted by Gasteiger charge is 2.36. The molecule has 0 saturated heterocycles. The maximum atomic E-state index is 5.12. The lowest BCUT2D eigenvalue weighted by Gasteiger charge is -2.37. The second-order valence-electron chi connectivity index (χ2n) is 14.7. The first-order chi connectivity index (χ1) is 27.3. The van der Waals surface area contributed by atoms with Crippen molar-refractivity contribution in [2.24, 2.45) is 5.92 Å². The van der Waals surface area contributed by atoms with Gasteiger partial charge in [0.1, 0.15) is 5.82 Å². The van der Waals surface area contributed by atoms with Crippen molar-refractivity contribution in [3.05, 3.63) is 234 Å². The summed E-state index contributed by atoms with van der Waals surface area (Å²) in [5.41, 5.74) is 14.6. The maximum Gasteiger partial charge on any atom is 0.145 e. The average Bonchev–Trinajstić information content (AvgIpc) is 3.65. The summed E-state index contributed by atoms with van der Waals surface area (Å²) in [5, 5.41) is 5.06. The highest BCUT2D eigenvalue weighted by molar-refractivity contribution is 5.95. The second-order valence-corrected chi connectivity index (χ2v) is 14.7. The van der Waals surface area contributed by atoms with E-state index in [4.69, 9.17) is 4.98 Å². The monoisotopic (exact) mass is 700 g/mol. The summed E-state index contributed by atoms with van der Waals surface area (Å²) in [6, 6.07) is 66.4. The van der Waals surface area contributed by atoms with Gasteiger partial charge < -0.3 is 0 Å². The summed E-state index contributed by atoms with van der Waals surface area (Å²) in [5.74, 6) is 1.34. The van der Waals surface area contributed by atoms with Crippen molar-refractivity contribution in [2.45, 2.75) is 5.92 Å². The average molecular weight is 701 g/mol. The van der Waals surface area contributed by atoms with Gasteiger partial charge in [0.15, 0.2) is 0 Å². The largest absolute Gasteiger partial charge is 0.292 e. The lowest BCUT2D eigenvalue weighted by molar-refractivity contribution is 0.649. The molecule has 2 unspecified atom stereocenters. The van der Waals surface area contributed by atoms with Gasteiger partial charge in [-0.25, -0.2) is 4.98 Å². The van der Waals surface area contributed by atoms with Crippen LogP contribution < -0.4 is 0 Å². The summed E-state index contributed by atoms with van der Waals surface area (Å²) >= 11 is 0. The van der Waals surface area contributed by atoms with Gasteiger partial charge in [0.25, 0.3) is 0 Å². The number of rotatable bonds is 5. The molecule has 8 aromatic carbocycles. The number of aromatic nitrogens is 2. The Bertz CT molecular complexity index is 3030.